The molecular formula is C16H18N4. The van der Waals surface area contributed by atoms with Crippen molar-refractivity contribution >= 4 is 5.96 Å². The minimum atomic E-state index is 0.621. The molecule has 1 aliphatic rings. The second kappa shape index (κ2) is 5.74. The quantitative estimate of drug-likeness (QED) is 0.685. The van der Waals surface area contributed by atoms with E-state index in [2.05, 4.69) is 39.1 Å². The molecule has 0 bridgehead atoms. The van der Waals surface area contributed by atoms with E-state index < -0.39 is 0 Å². The van der Waals surface area contributed by atoms with Gasteiger partial charge in [-0.15, -0.1) is 0 Å². The van der Waals surface area contributed by atoms with E-state index in [1.165, 1.54) is 6.42 Å². The van der Waals surface area contributed by atoms with Crippen molar-refractivity contribution in [3.8, 4) is 11.1 Å². The van der Waals surface area contributed by atoms with Crippen LogP contribution in [0.15, 0.2) is 53.8 Å². The average molecular weight is 266 g/mol. The lowest BCUT2D eigenvalue weighted by molar-refractivity contribution is 0.295. The number of benzene rings is 1. The Bertz CT molecular complexity index is 603. The molecule has 0 unspecified atom stereocenters. The minimum absolute atomic E-state index is 0.621. The van der Waals surface area contributed by atoms with Crippen LogP contribution in [0.2, 0.25) is 0 Å². The molecule has 2 heterocycles. The van der Waals surface area contributed by atoms with Gasteiger partial charge >= 0.3 is 0 Å². The fourth-order valence-electron chi connectivity index (χ4n) is 2.20. The number of nitrogens with zero attached hydrogens (tertiary/aromatic N) is 3. The number of pyridine rings is 1. The molecular weight excluding hydrogens is 248 g/mol. The largest absolute Gasteiger partial charge is 0.370 e. The fourth-order valence-corrected chi connectivity index (χ4v) is 2.20. The van der Waals surface area contributed by atoms with E-state index in [0.717, 1.165) is 29.8 Å². The van der Waals surface area contributed by atoms with Gasteiger partial charge in [-0.25, -0.2) is 4.99 Å². The number of aromatic nitrogens is 1. The van der Waals surface area contributed by atoms with Crippen LogP contribution >= 0.6 is 0 Å². The van der Waals surface area contributed by atoms with E-state index in [4.69, 9.17) is 5.73 Å². The number of rotatable bonds is 3. The predicted molar refractivity (Wildman–Crippen MR) is 81.2 cm³/mol. The third kappa shape index (κ3) is 2.79. The minimum Gasteiger partial charge on any atom is -0.370 e. The van der Waals surface area contributed by atoms with Crippen LogP contribution in [-0.2, 0) is 6.54 Å². The standard InChI is InChI=1S/C16H18N4/c17-16(20-8-3-9-20)19-11-13-4-1-5-14(10-13)15-6-2-7-18-12-15/h1-2,4-7,10,12H,3,8-9,11H2,(H2,17,19). The number of likely N-dealkylation sites (tertiary alicyclic amines) is 1. The van der Waals surface area contributed by atoms with E-state index >= 15 is 0 Å². The molecule has 0 radical (unpaired) electrons. The van der Waals surface area contributed by atoms with Gasteiger partial charge in [0.15, 0.2) is 5.96 Å². The molecule has 1 saturated heterocycles. The molecule has 0 saturated carbocycles. The van der Waals surface area contributed by atoms with Gasteiger partial charge in [-0.3, -0.25) is 4.98 Å². The monoisotopic (exact) mass is 266 g/mol. The molecule has 1 fully saturated rings. The summed E-state index contributed by atoms with van der Waals surface area (Å²) in [5, 5.41) is 0. The zero-order valence-electron chi connectivity index (χ0n) is 11.4. The lowest BCUT2D eigenvalue weighted by Crippen LogP contribution is -2.46. The van der Waals surface area contributed by atoms with E-state index in [1.54, 1.807) is 6.20 Å². The first-order valence-corrected chi connectivity index (χ1v) is 6.87. The van der Waals surface area contributed by atoms with E-state index in [9.17, 15) is 0 Å². The number of guanidine groups is 1. The average Bonchev–Trinajstić information content (AvgIpc) is 2.45. The van der Waals surface area contributed by atoms with Crippen LogP contribution in [0.5, 0.6) is 0 Å². The molecule has 2 N–H and O–H groups in total. The summed E-state index contributed by atoms with van der Waals surface area (Å²) in [6.07, 6.45) is 4.87. The summed E-state index contributed by atoms with van der Waals surface area (Å²) < 4.78 is 0. The zero-order valence-corrected chi connectivity index (χ0v) is 11.4. The lowest BCUT2D eigenvalue weighted by atomic mass is 10.1. The SMILES string of the molecule is NC(=NCc1cccc(-c2cccnc2)c1)N1CCC1. The van der Waals surface area contributed by atoms with Gasteiger partial charge < -0.3 is 10.6 Å². The van der Waals surface area contributed by atoms with Crippen LogP contribution in [0.1, 0.15) is 12.0 Å². The Kier molecular flexibility index (Phi) is 3.63. The van der Waals surface area contributed by atoms with Crippen LogP contribution in [0.3, 0.4) is 0 Å². The second-order valence-corrected chi connectivity index (χ2v) is 4.96. The van der Waals surface area contributed by atoms with Crippen LogP contribution in [-0.4, -0.2) is 28.9 Å². The molecule has 2 aromatic rings. The van der Waals surface area contributed by atoms with Crippen molar-refractivity contribution in [1.82, 2.24) is 9.88 Å². The van der Waals surface area contributed by atoms with Gasteiger partial charge in [0.05, 0.1) is 6.54 Å². The summed E-state index contributed by atoms with van der Waals surface area (Å²) in [5.41, 5.74) is 9.38. The predicted octanol–water partition coefficient (Wildman–Crippen LogP) is 2.27. The molecule has 1 aromatic heterocycles. The van der Waals surface area contributed by atoms with E-state index in [1.807, 2.05) is 18.3 Å². The first-order chi connectivity index (χ1) is 9.83. The summed E-state index contributed by atoms with van der Waals surface area (Å²) in [6.45, 7) is 2.69. The summed E-state index contributed by atoms with van der Waals surface area (Å²) in [5.74, 6) is 0.656. The maximum absolute atomic E-state index is 5.94. The van der Waals surface area contributed by atoms with Gasteiger partial charge in [0.1, 0.15) is 0 Å². The second-order valence-electron chi connectivity index (χ2n) is 4.96. The first-order valence-electron chi connectivity index (χ1n) is 6.87. The summed E-state index contributed by atoms with van der Waals surface area (Å²) >= 11 is 0. The van der Waals surface area contributed by atoms with Crippen molar-refractivity contribution in [2.75, 3.05) is 13.1 Å². The van der Waals surface area contributed by atoms with Crippen molar-refractivity contribution in [3.63, 3.8) is 0 Å². The Morgan fingerprint density at radius 2 is 2.05 bits per heavy atom. The molecule has 1 aliphatic heterocycles. The third-order valence-electron chi connectivity index (χ3n) is 3.53. The normalized spacial score (nSPS) is 15.0. The van der Waals surface area contributed by atoms with Gasteiger partial charge in [-0.05, 0) is 35.2 Å². The van der Waals surface area contributed by atoms with E-state index in [0.29, 0.717) is 12.5 Å². The van der Waals surface area contributed by atoms with Crippen LogP contribution < -0.4 is 5.73 Å². The Balaban J connectivity index is 1.74. The van der Waals surface area contributed by atoms with Gasteiger partial charge in [-0.2, -0.15) is 0 Å². The number of hydrogen-bond acceptors (Lipinski definition) is 2. The van der Waals surface area contributed by atoms with Gasteiger partial charge in [0, 0.05) is 25.5 Å². The first kappa shape index (κ1) is 12.7. The lowest BCUT2D eigenvalue weighted by Gasteiger charge is -2.31. The number of nitrogens with two attached hydrogens (primary N) is 1. The highest BCUT2D eigenvalue weighted by Gasteiger charge is 2.15. The number of aliphatic imine (C=N–C) groups is 1. The van der Waals surface area contributed by atoms with Gasteiger partial charge in [0.25, 0.3) is 0 Å². The molecule has 1 aromatic carbocycles. The maximum Gasteiger partial charge on any atom is 0.191 e. The van der Waals surface area contributed by atoms with Crippen molar-refractivity contribution in [1.29, 1.82) is 0 Å². The third-order valence-corrected chi connectivity index (χ3v) is 3.53. The Morgan fingerprint density at radius 1 is 1.20 bits per heavy atom. The Morgan fingerprint density at radius 3 is 2.75 bits per heavy atom. The molecule has 0 amide bonds. The maximum atomic E-state index is 5.94. The molecule has 0 aliphatic carbocycles. The van der Waals surface area contributed by atoms with Crippen molar-refractivity contribution in [2.45, 2.75) is 13.0 Å². The molecule has 102 valence electrons. The zero-order chi connectivity index (χ0) is 13.8. The fraction of sp³-hybridized carbons (Fsp3) is 0.250. The van der Waals surface area contributed by atoms with Crippen molar-refractivity contribution in [2.24, 2.45) is 10.7 Å². The highest BCUT2D eigenvalue weighted by Crippen LogP contribution is 2.19. The highest BCUT2D eigenvalue weighted by atomic mass is 15.3. The Labute approximate surface area is 119 Å². The van der Waals surface area contributed by atoms with Crippen molar-refractivity contribution < 1.29 is 0 Å². The van der Waals surface area contributed by atoms with Crippen LogP contribution in [0, 0.1) is 0 Å². The van der Waals surface area contributed by atoms with Gasteiger partial charge in [0.2, 0.25) is 0 Å². The van der Waals surface area contributed by atoms with Crippen molar-refractivity contribution in [3.05, 3.63) is 54.4 Å². The Hall–Kier alpha value is -2.36. The van der Waals surface area contributed by atoms with Crippen LogP contribution in [0.25, 0.3) is 11.1 Å². The molecule has 0 atom stereocenters. The summed E-state index contributed by atoms with van der Waals surface area (Å²) in [7, 11) is 0. The summed E-state index contributed by atoms with van der Waals surface area (Å²) in [4.78, 5) is 10.7. The van der Waals surface area contributed by atoms with Crippen LogP contribution in [0.4, 0.5) is 0 Å². The molecule has 4 nitrogen and oxygen atoms in total. The number of hydrogen-bond donors (Lipinski definition) is 1. The molecule has 4 heteroatoms. The molecule has 20 heavy (non-hydrogen) atoms. The van der Waals surface area contributed by atoms with Gasteiger partial charge in [-0.1, -0.05) is 24.3 Å². The summed E-state index contributed by atoms with van der Waals surface area (Å²) in [6, 6.07) is 12.4. The molecule has 0 spiro atoms. The highest BCUT2D eigenvalue weighted by molar-refractivity contribution is 5.78. The topological polar surface area (TPSA) is 54.5 Å². The molecule has 3 rings (SSSR count). The van der Waals surface area contributed by atoms with E-state index in [-0.39, 0.29) is 0 Å². The smallest absolute Gasteiger partial charge is 0.191 e.